The number of carbonyl (C=O) groups excluding carboxylic acids is 4. The lowest BCUT2D eigenvalue weighted by Crippen LogP contribution is -2.58. The Bertz CT molecular complexity index is 757. The first-order valence-corrected chi connectivity index (χ1v) is 9.00. The zero-order valence-electron chi connectivity index (χ0n) is 16.6. The summed E-state index contributed by atoms with van der Waals surface area (Å²) in [5.74, 6) is -9.11. The summed E-state index contributed by atoms with van der Waals surface area (Å²) in [6.45, 7) is -0.808. The van der Waals surface area contributed by atoms with Gasteiger partial charge in [0.2, 0.25) is 23.6 Å². The summed E-state index contributed by atoms with van der Waals surface area (Å²) in [4.78, 5) is 80.7. The van der Waals surface area contributed by atoms with Crippen molar-refractivity contribution in [2.24, 2.45) is 11.5 Å². The number of nitrogens with two attached hydrogens (primary N) is 2. The predicted molar refractivity (Wildman–Crippen MR) is 101 cm³/mol. The summed E-state index contributed by atoms with van der Waals surface area (Å²) in [6.07, 6.45) is -2.85. The van der Waals surface area contributed by atoms with Crippen LogP contribution in [-0.2, 0) is 33.6 Å². The predicted octanol–water partition coefficient (Wildman–Crippen LogP) is -4.94. The van der Waals surface area contributed by atoms with E-state index < -0.39 is 98.0 Å². The largest absolute Gasteiger partial charge is 0.481 e. The standard InChI is InChI=1S/C16H25N5O11/c17-6(5-22)13(28)20-8(3-11(24)25)15(30)19-7(1-2-10(18)23)14(29)21-9(16(31)32)4-12(26)27/h6-9,22H,1-5,17H2,(H2,18,23)(H,19,30)(H,20,28)(H,21,29)(H,24,25)(H,26,27)(H,31,32)/t6-,7-,8-,9-/m0/s1. The second-order valence-corrected chi connectivity index (χ2v) is 6.51. The quantitative estimate of drug-likeness (QED) is 0.110. The van der Waals surface area contributed by atoms with Crippen molar-refractivity contribution in [3.05, 3.63) is 0 Å². The highest BCUT2D eigenvalue weighted by molar-refractivity contribution is 5.96. The number of hydrogen-bond donors (Lipinski definition) is 9. The Morgan fingerprint density at radius 2 is 1.16 bits per heavy atom. The van der Waals surface area contributed by atoms with E-state index in [1.54, 1.807) is 0 Å². The maximum Gasteiger partial charge on any atom is 0.326 e. The minimum atomic E-state index is -1.87. The fourth-order valence-electron chi connectivity index (χ4n) is 2.22. The molecule has 180 valence electrons. The lowest BCUT2D eigenvalue weighted by atomic mass is 10.1. The van der Waals surface area contributed by atoms with Crippen LogP contribution in [0.5, 0.6) is 0 Å². The van der Waals surface area contributed by atoms with Gasteiger partial charge < -0.3 is 47.8 Å². The Morgan fingerprint density at radius 3 is 1.59 bits per heavy atom. The molecule has 0 bridgehead atoms. The van der Waals surface area contributed by atoms with E-state index in [-0.39, 0.29) is 0 Å². The fraction of sp³-hybridized carbons (Fsp3) is 0.562. The van der Waals surface area contributed by atoms with Crippen LogP contribution in [0, 0.1) is 0 Å². The molecule has 0 radical (unpaired) electrons. The third-order valence-electron chi connectivity index (χ3n) is 3.85. The number of carbonyl (C=O) groups is 7. The molecule has 4 amide bonds. The maximum absolute atomic E-state index is 12.5. The first-order chi connectivity index (χ1) is 14.8. The van der Waals surface area contributed by atoms with Crippen molar-refractivity contribution in [3.63, 3.8) is 0 Å². The Balaban J connectivity index is 5.58. The van der Waals surface area contributed by atoms with Crippen molar-refractivity contribution >= 4 is 41.5 Å². The highest BCUT2D eigenvalue weighted by atomic mass is 16.4. The zero-order chi connectivity index (χ0) is 25.0. The monoisotopic (exact) mass is 463 g/mol. The van der Waals surface area contributed by atoms with E-state index in [9.17, 15) is 33.6 Å². The van der Waals surface area contributed by atoms with Crippen LogP contribution in [0.4, 0.5) is 0 Å². The topological polar surface area (TPSA) is 289 Å². The molecule has 16 heteroatoms. The highest BCUT2D eigenvalue weighted by Crippen LogP contribution is 2.03. The molecule has 32 heavy (non-hydrogen) atoms. The summed E-state index contributed by atoms with van der Waals surface area (Å²) in [5.41, 5.74) is 10.3. The average Bonchev–Trinajstić information content (AvgIpc) is 2.67. The van der Waals surface area contributed by atoms with E-state index >= 15 is 0 Å². The number of aliphatic hydroxyl groups is 1. The Kier molecular flexibility index (Phi) is 11.9. The molecule has 0 rings (SSSR count). The van der Waals surface area contributed by atoms with Crippen molar-refractivity contribution in [2.75, 3.05) is 6.61 Å². The smallest absolute Gasteiger partial charge is 0.326 e. The molecule has 11 N–H and O–H groups in total. The van der Waals surface area contributed by atoms with Crippen molar-refractivity contribution in [1.82, 2.24) is 16.0 Å². The van der Waals surface area contributed by atoms with Gasteiger partial charge in [-0.2, -0.15) is 0 Å². The molecule has 0 saturated carbocycles. The Morgan fingerprint density at radius 1 is 0.719 bits per heavy atom. The van der Waals surface area contributed by atoms with Crippen molar-refractivity contribution < 1.29 is 54.0 Å². The third kappa shape index (κ3) is 10.8. The van der Waals surface area contributed by atoms with E-state index in [4.69, 9.17) is 31.9 Å². The van der Waals surface area contributed by atoms with Gasteiger partial charge in [-0.15, -0.1) is 0 Å². The second-order valence-electron chi connectivity index (χ2n) is 6.51. The third-order valence-corrected chi connectivity index (χ3v) is 3.85. The van der Waals surface area contributed by atoms with Gasteiger partial charge in [0.15, 0.2) is 0 Å². The van der Waals surface area contributed by atoms with Crippen LogP contribution in [0.15, 0.2) is 0 Å². The lowest BCUT2D eigenvalue weighted by Gasteiger charge is -2.24. The van der Waals surface area contributed by atoms with Crippen LogP contribution in [0.2, 0.25) is 0 Å². The molecule has 0 unspecified atom stereocenters. The summed E-state index contributed by atoms with van der Waals surface area (Å²) < 4.78 is 0. The summed E-state index contributed by atoms with van der Waals surface area (Å²) in [5, 5.41) is 41.5. The van der Waals surface area contributed by atoms with Crippen LogP contribution in [0.3, 0.4) is 0 Å². The van der Waals surface area contributed by atoms with Crippen LogP contribution < -0.4 is 27.4 Å². The van der Waals surface area contributed by atoms with Crippen molar-refractivity contribution in [3.8, 4) is 0 Å². The number of aliphatic hydroxyl groups excluding tert-OH is 1. The molecule has 0 aliphatic heterocycles. The number of aliphatic carboxylic acids is 3. The minimum Gasteiger partial charge on any atom is -0.481 e. The normalized spacial score (nSPS) is 14.2. The zero-order valence-corrected chi connectivity index (χ0v) is 16.6. The van der Waals surface area contributed by atoms with Crippen LogP contribution in [-0.4, -0.2) is 92.7 Å². The van der Waals surface area contributed by atoms with E-state index in [1.165, 1.54) is 0 Å². The molecule has 0 aromatic carbocycles. The molecular formula is C16H25N5O11. The maximum atomic E-state index is 12.5. The van der Waals surface area contributed by atoms with Gasteiger partial charge >= 0.3 is 17.9 Å². The molecule has 0 saturated heterocycles. The van der Waals surface area contributed by atoms with Gasteiger partial charge in [0.25, 0.3) is 0 Å². The summed E-state index contributed by atoms with van der Waals surface area (Å²) >= 11 is 0. The second kappa shape index (κ2) is 13.5. The lowest BCUT2D eigenvalue weighted by molar-refractivity contribution is -0.147. The van der Waals surface area contributed by atoms with Gasteiger partial charge in [0.1, 0.15) is 24.2 Å². The Hall–Kier alpha value is -3.79. The van der Waals surface area contributed by atoms with E-state index in [0.717, 1.165) is 0 Å². The number of carboxylic acid groups (broad SMARTS) is 3. The number of carboxylic acids is 3. The van der Waals surface area contributed by atoms with Gasteiger partial charge in [-0.3, -0.25) is 28.8 Å². The first-order valence-electron chi connectivity index (χ1n) is 9.00. The summed E-state index contributed by atoms with van der Waals surface area (Å²) in [7, 11) is 0. The van der Waals surface area contributed by atoms with Gasteiger partial charge in [-0.1, -0.05) is 0 Å². The van der Waals surface area contributed by atoms with Crippen LogP contribution >= 0.6 is 0 Å². The van der Waals surface area contributed by atoms with Crippen LogP contribution in [0.25, 0.3) is 0 Å². The molecule has 16 nitrogen and oxygen atoms in total. The van der Waals surface area contributed by atoms with Gasteiger partial charge in [-0.25, -0.2) is 4.79 Å². The number of nitrogens with one attached hydrogen (secondary N) is 3. The summed E-state index contributed by atoms with van der Waals surface area (Å²) in [6, 6.07) is -6.73. The Labute approximate surface area is 180 Å². The molecule has 0 aliphatic rings. The van der Waals surface area contributed by atoms with Crippen LogP contribution in [0.1, 0.15) is 25.7 Å². The van der Waals surface area contributed by atoms with E-state index in [1.807, 2.05) is 10.6 Å². The molecule has 0 aliphatic carbocycles. The number of amides is 4. The SMILES string of the molecule is NC(=O)CC[C@H](NC(=O)[C@H](CC(=O)O)NC(=O)[C@@H](N)CO)C(=O)N[C@@H](CC(=O)O)C(=O)O. The number of hydrogen-bond acceptors (Lipinski definition) is 9. The van der Waals surface area contributed by atoms with Gasteiger partial charge in [-0.05, 0) is 6.42 Å². The first kappa shape index (κ1) is 28.2. The molecule has 0 fully saturated rings. The number of primary amides is 1. The minimum absolute atomic E-state index is 0.448. The van der Waals surface area contributed by atoms with Gasteiger partial charge in [0.05, 0.1) is 19.4 Å². The highest BCUT2D eigenvalue weighted by Gasteiger charge is 2.32. The average molecular weight is 463 g/mol. The number of rotatable bonds is 15. The van der Waals surface area contributed by atoms with E-state index in [0.29, 0.717) is 0 Å². The molecule has 4 atom stereocenters. The van der Waals surface area contributed by atoms with Crippen molar-refractivity contribution in [1.29, 1.82) is 0 Å². The van der Waals surface area contributed by atoms with Gasteiger partial charge in [0, 0.05) is 6.42 Å². The van der Waals surface area contributed by atoms with E-state index in [2.05, 4.69) is 5.32 Å². The molecular weight excluding hydrogens is 438 g/mol. The van der Waals surface area contributed by atoms with Crippen molar-refractivity contribution in [2.45, 2.75) is 49.9 Å². The molecule has 0 heterocycles. The molecule has 0 spiro atoms. The fourth-order valence-corrected chi connectivity index (χ4v) is 2.22. The molecule has 0 aromatic rings. The molecule has 0 aromatic heterocycles.